The van der Waals surface area contributed by atoms with Crippen molar-refractivity contribution in [3.05, 3.63) is 40.6 Å². The minimum atomic E-state index is -0.329. The van der Waals surface area contributed by atoms with Crippen molar-refractivity contribution in [2.75, 3.05) is 20.2 Å². The maximum absolute atomic E-state index is 12.2. The van der Waals surface area contributed by atoms with Crippen LogP contribution in [-0.2, 0) is 4.79 Å². The first kappa shape index (κ1) is 14.4. The van der Waals surface area contributed by atoms with Crippen LogP contribution in [0, 0.1) is 0 Å². The zero-order valence-corrected chi connectivity index (χ0v) is 12.6. The van der Waals surface area contributed by atoms with E-state index in [9.17, 15) is 9.59 Å². The second kappa shape index (κ2) is 5.67. The van der Waals surface area contributed by atoms with Gasteiger partial charge in [-0.25, -0.2) is 14.5 Å². The van der Waals surface area contributed by atoms with Crippen molar-refractivity contribution in [2.24, 2.45) is 0 Å². The number of benzene rings is 1. The molecule has 1 aliphatic heterocycles. The van der Waals surface area contributed by atoms with E-state index in [1.807, 2.05) is 31.2 Å². The fraction of sp³-hybridized carbons (Fsp3) is 0.400. The third-order valence-electron chi connectivity index (χ3n) is 3.81. The van der Waals surface area contributed by atoms with E-state index in [-0.39, 0.29) is 17.5 Å². The maximum atomic E-state index is 12.2. The van der Waals surface area contributed by atoms with Gasteiger partial charge in [0.2, 0.25) is 5.91 Å². The zero-order valence-electron chi connectivity index (χ0n) is 12.6. The lowest BCUT2D eigenvalue weighted by Crippen LogP contribution is -2.21. The molecule has 1 fully saturated rings. The number of H-pyrrole nitrogens is 1. The predicted octanol–water partition coefficient (Wildman–Crippen LogP) is 0.905. The summed E-state index contributed by atoms with van der Waals surface area (Å²) < 4.78 is 7.10. The second-order valence-electron chi connectivity index (χ2n) is 5.30. The van der Waals surface area contributed by atoms with E-state index in [4.69, 9.17) is 4.74 Å². The first-order valence-electron chi connectivity index (χ1n) is 7.25. The molecule has 2 heterocycles. The number of likely N-dealkylation sites (tertiary alicyclic amines) is 1. The lowest BCUT2D eigenvalue weighted by atomic mass is 10.1. The molecule has 1 aromatic carbocycles. The van der Waals surface area contributed by atoms with E-state index >= 15 is 0 Å². The van der Waals surface area contributed by atoms with Gasteiger partial charge in [-0.2, -0.15) is 5.10 Å². The molecule has 1 amide bonds. The molecule has 1 N–H and O–H groups in total. The van der Waals surface area contributed by atoms with Crippen LogP contribution in [0.25, 0.3) is 5.69 Å². The molecule has 7 heteroatoms. The highest BCUT2D eigenvalue weighted by molar-refractivity contribution is 5.79. The molecule has 1 saturated heterocycles. The van der Waals surface area contributed by atoms with Crippen LogP contribution in [0.5, 0.6) is 5.75 Å². The summed E-state index contributed by atoms with van der Waals surface area (Å²) in [4.78, 5) is 25.6. The van der Waals surface area contributed by atoms with Crippen molar-refractivity contribution in [1.29, 1.82) is 0 Å². The molecular formula is C15H18N4O3. The SMILES string of the molecule is CCOc1ccccc1-n1c([C@H]2CC(=O)N(C)C2)n[nH]c1=O. The molecule has 116 valence electrons. The Hall–Kier alpha value is -2.57. The highest BCUT2D eigenvalue weighted by Gasteiger charge is 2.32. The Morgan fingerprint density at radius 1 is 1.36 bits per heavy atom. The lowest BCUT2D eigenvalue weighted by Gasteiger charge is -2.14. The zero-order chi connectivity index (χ0) is 15.7. The van der Waals surface area contributed by atoms with Crippen LogP contribution in [0.15, 0.2) is 29.1 Å². The van der Waals surface area contributed by atoms with Crippen molar-refractivity contribution in [1.82, 2.24) is 19.7 Å². The number of aromatic nitrogens is 3. The molecule has 0 aliphatic carbocycles. The Balaban J connectivity index is 2.07. The molecule has 2 aromatic rings. The predicted molar refractivity (Wildman–Crippen MR) is 80.3 cm³/mol. The molecule has 0 bridgehead atoms. The van der Waals surface area contributed by atoms with Gasteiger partial charge in [0.1, 0.15) is 11.6 Å². The minimum Gasteiger partial charge on any atom is -0.492 e. The van der Waals surface area contributed by atoms with E-state index in [0.29, 0.717) is 36.8 Å². The number of likely N-dealkylation sites (N-methyl/N-ethyl adjacent to an activating group) is 1. The van der Waals surface area contributed by atoms with E-state index in [2.05, 4.69) is 10.2 Å². The van der Waals surface area contributed by atoms with Crippen molar-refractivity contribution in [3.8, 4) is 11.4 Å². The van der Waals surface area contributed by atoms with Gasteiger partial charge in [-0.3, -0.25) is 4.79 Å². The first-order valence-corrected chi connectivity index (χ1v) is 7.25. The van der Waals surface area contributed by atoms with Crippen molar-refractivity contribution < 1.29 is 9.53 Å². The van der Waals surface area contributed by atoms with Gasteiger partial charge in [-0.05, 0) is 19.1 Å². The van der Waals surface area contributed by atoms with Crippen LogP contribution in [0.1, 0.15) is 25.1 Å². The minimum absolute atomic E-state index is 0.0603. The van der Waals surface area contributed by atoms with Gasteiger partial charge in [0.15, 0.2) is 0 Å². The number of carbonyl (C=O) groups excluding carboxylic acids is 1. The number of nitrogens with one attached hydrogen (secondary N) is 1. The molecule has 3 rings (SSSR count). The molecule has 1 aromatic heterocycles. The summed E-state index contributed by atoms with van der Waals surface area (Å²) in [6, 6.07) is 7.32. The van der Waals surface area contributed by atoms with Gasteiger partial charge < -0.3 is 9.64 Å². The maximum Gasteiger partial charge on any atom is 0.348 e. The number of amides is 1. The summed E-state index contributed by atoms with van der Waals surface area (Å²) in [5, 5.41) is 6.62. The molecule has 0 radical (unpaired) electrons. The number of nitrogens with zero attached hydrogens (tertiary/aromatic N) is 3. The Morgan fingerprint density at radius 3 is 2.82 bits per heavy atom. The highest BCUT2D eigenvalue weighted by atomic mass is 16.5. The third kappa shape index (κ3) is 2.38. The van der Waals surface area contributed by atoms with Crippen molar-refractivity contribution in [3.63, 3.8) is 0 Å². The summed E-state index contributed by atoms with van der Waals surface area (Å²) >= 11 is 0. The summed E-state index contributed by atoms with van der Waals surface area (Å²) in [5.74, 6) is 1.14. The van der Waals surface area contributed by atoms with Crippen molar-refractivity contribution >= 4 is 5.91 Å². The number of rotatable bonds is 4. The normalized spacial score (nSPS) is 18.0. The van der Waals surface area contributed by atoms with Crippen LogP contribution in [0.4, 0.5) is 0 Å². The molecule has 0 spiro atoms. The Bertz CT molecular complexity index is 749. The first-order chi connectivity index (χ1) is 10.6. The standard InChI is InChI=1S/C15H18N4O3/c1-3-22-12-7-5-4-6-11(12)19-14(16-17-15(19)21)10-8-13(20)18(2)9-10/h4-7,10H,3,8-9H2,1-2H3,(H,17,21)/t10-/m0/s1. The molecule has 0 saturated carbocycles. The molecule has 22 heavy (non-hydrogen) atoms. The fourth-order valence-electron chi connectivity index (χ4n) is 2.77. The van der Waals surface area contributed by atoms with E-state index < -0.39 is 0 Å². The Kier molecular flexibility index (Phi) is 3.70. The number of para-hydroxylation sites is 2. The topological polar surface area (TPSA) is 80.2 Å². The van der Waals surface area contributed by atoms with E-state index in [1.165, 1.54) is 4.57 Å². The van der Waals surface area contributed by atoms with Crippen LogP contribution >= 0.6 is 0 Å². The van der Waals surface area contributed by atoms with Crippen LogP contribution in [-0.4, -0.2) is 45.8 Å². The second-order valence-corrected chi connectivity index (χ2v) is 5.30. The van der Waals surface area contributed by atoms with Crippen LogP contribution < -0.4 is 10.4 Å². The third-order valence-corrected chi connectivity index (χ3v) is 3.81. The molecule has 7 nitrogen and oxygen atoms in total. The average Bonchev–Trinajstić information content (AvgIpc) is 3.03. The monoisotopic (exact) mass is 302 g/mol. The summed E-state index contributed by atoms with van der Waals surface area (Å²) in [7, 11) is 1.76. The van der Waals surface area contributed by atoms with Gasteiger partial charge >= 0.3 is 5.69 Å². The van der Waals surface area contributed by atoms with Gasteiger partial charge in [0.05, 0.1) is 12.3 Å². The molecule has 1 atom stereocenters. The summed E-state index contributed by atoms with van der Waals surface area (Å²) in [6.45, 7) is 2.95. The van der Waals surface area contributed by atoms with Gasteiger partial charge in [-0.15, -0.1) is 0 Å². The Labute approximate surface area is 127 Å². The van der Waals surface area contributed by atoms with Crippen molar-refractivity contribution in [2.45, 2.75) is 19.3 Å². The Morgan fingerprint density at radius 2 is 2.14 bits per heavy atom. The van der Waals surface area contributed by atoms with E-state index in [0.717, 1.165) is 0 Å². The largest absolute Gasteiger partial charge is 0.492 e. The smallest absolute Gasteiger partial charge is 0.348 e. The number of hydrogen-bond acceptors (Lipinski definition) is 4. The average molecular weight is 302 g/mol. The molecule has 1 aliphatic rings. The summed E-state index contributed by atoms with van der Waals surface area (Å²) in [5.41, 5.74) is 0.309. The van der Waals surface area contributed by atoms with Gasteiger partial charge in [0, 0.05) is 25.9 Å². The van der Waals surface area contributed by atoms with Crippen LogP contribution in [0.3, 0.4) is 0 Å². The number of aromatic amines is 1. The number of ether oxygens (including phenoxy) is 1. The van der Waals surface area contributed by atoms with Crippen LogP contribution in [0.2, 0.25) is 0 Å². The number of hydrogen-bond donors (Lipinski definition) is 1. The number of carbonyl (C=O) groups is 1. The van der Waals surface area contributed by atoms with Gasteiger partial charge in [0.25, 0.3) is 0 Å². The lowest BCUT2D eigenvalue weighted by molar-refractivity contribution is -0.126. The molecule has 0 unspecified atom stereocenters. The summed E-state index contributed by atoms with van der Waals surface area (Å²) in [6.07, 6.45) is 0.359. The fourth-order valence-corrected chi connectivity index (χ4v) is 2.77. The highest BCUT2D eigenvalue weighted by Crippen LogP contribution is 2.29. The van der Waals surface area contributed by atoms with E-state index in [1.54, 1.807) is 11.9 Å². The van der Waals surface area contributed by atoms with Gasteiger partial charge in [-0.1, -0.05) is 12.1 Å². The quantitative estimate of drug-likeness (QED) is 0.910. The molecular weight excluding hydrogens is 284 g/mol.